The van der Waals surface area contributed by atoms with Crippen molar-refractivity contribution in [2.24, 2.45) is 0 Å². The minimum Gasteiger partial charge on any atom is -0.494 e. The van der Waals surface area contributed by atoms with E-state index in [1.807, 2.05) is 35.9 Å². The Kier molecular flexibility index (Phi) is 6.96. The predicted octanol–water partition coefficient (Wildman–Crippen LogP) is 4.20. The van der Waals surface area contributed by atoms with E-state index in [4.69, 9.17) is 4.74 Å². The number of hydrogen-bond acceptors (Lipinski definition) is 7. The van der Waals surface area contributed by atoms with E-state index in [-0.39, 0.29) is 11.1 Å². The van der Waals surface area contributed by atoms with Crippen LogP contribution in [-0.2, 0) is 5.54 Å². The lowest BCUT2D eigenvalue weighted by Gasteiger charge is -2.40. The molecule has 200 valence electrons. The number of pyridine rings is 1. The van der Waals surface area contributed by atoms with Gasteiger partial charge in [0.05, 0.1) is 12.1 Å². The number of aromatic amines is 1. The van der Waals surface area contributed by atoms with E-state index >= 15 is 0 Å². The fourth-order valence-corrected chi connectivity index (χ4v) is 5.28. The first kappa shape index (κ1) is 25.9. The topological polar surface area (TPSA) is 92.2 Å². The van der Waals surface area contributed by atoms with Gasteiger partial charge in [0, 0.05) is 48.3 Å². The molecular formula is C29H37N7O2. The highest BCUT2D eigenvalue weighted by Crippen LogP contribution is 2.32. The summed E-state index contributed by atoms with van der Waals surface area (Å²) in [5.41, 5.74) is 4.73. The highest BCUT2D eigenvalue weighted by Gasteiger charge is 2.35. The second-order valence-electron chi connectivity index (χ2n) is 11.1. The first-order valence-corrected chi connectivity index (χ1v) is 13.3. The van der Waals surface area contributed by atoms with Crippen LogP contribution in [0.25, 0.3) is 10.9 Å². The second-order valence-corrected chi connectivity index (χ2v) is 11.1. The van der Waals surface area contributed by atoms with E-state index in [1.54, 1.807) is 0 Å². The molecule has 0 aliphatic carbocycles. The number of fused-ring (bicyclic) bond motifs is 1. The Labute approximate surface area is 223 Å². The minimum atomic E-state index is -0.395. The van der Waals surface area contributed by atoms with E-state index in [0.29, 0.717) is 18.0 Å². The molecule has 5 rings (SSSR count). The van der Waals surface area contributed by atoms with Gasteiger partial charge in [-0.05, 0) is 93.4 Å². The monoisotopic (exact) mass is 515 g/mol. The third kappa shape index (κ3) is 5.03. The molecule has 9 heteroatoms. The lowest BCUT2D eigenvalue weighted by molar-refractivity contribution is 0.190. The second kappa shape index (κ2) is 10.2. The molecule has 2 aromatic carbocycles. The summed E-state index contributed by atoms with van der Waals surface area (Å²) < 4.78 is 7.57. The van der Waals surface area contributed by atoms with E-state index in [2.05, 4.69) is 83.1 Å². The van der Waals surface area contributed by atoms with Gasteiger partial charge in [-0.15, -0.1) is 5.10 Å². The number of anilines is 1. The first-order chi connectivity index (χ1) is 18.2. The molecule has 1 N–H and O–H groups in total. The highest BCUT2D eigenvalue weighted by molar-refractivity contribution is 5.80. The molecule has 9 nitrogen and oxygen atoms in total. The van der Waals surface area contributed by atoms with Crippen LogP contribution in [0.2, 0.25) is 0 Å². The van der Waals surface area contributed by atoms with Gasteiger partial charge in [-0.2, -0.15) is 0 Å². The van der Waals surface area contributed by atoms with Crippen LogP contribution in [0.4, 0.5) is 5.69 Å². The van der Waals surface area contributed by atoms with Gasteiger partial charge < -0.3 is 14.6 Å². The molecule has 0 radical (unpaired) electrons. The van der Waals surface area contributed by atoms with Crippen molar-refractivity contribution in [3.63, 3.8) is 0 Å². The molecule has 1 atom stereocenters. The quantitative estimate of drug-likeness (QED) is 0.412. The zero-order valence-corrected chi connectivity index (χ0v) is 23.2. The van der Waals surface area contributed by atoms with Crippen LogP contribution in [0.3, 0.4) is 0 Å². The molecule has 0 saturated carbocycles. The zero-order chi connectivity index (χ0) is 27.0. The van der Waals surface area contributed by atoms with Gasteiger partial charge >= 0.3 is 0 Å². The number of H-pyrrole nitrogens is 1. The van der Waals surface area contributed by atoms with Crippen LogP contribution in [-0.4, -0.2) is 62.9 Å². The van der Waals surface area contributed by atoms with Gasteiger partial charge in [-0.3, -0.25) is 9.69 Å². The Morgan fingerprint density at radius 1 is 1.03 bits per heavy atom. The van der Waals surface area contributed by atoms with E-state index < -0.39 is 6.04 Å². The molecule has 0 spiro atoms. The molecule has 1 fully saturated rings. The number of ether oxygens (including phenoxy) is 1. The van der Waals surface area contributed by atoms with Crippen LogP contribution in [0, 0.1) is 13.8 Å². The molecule has 38 heavy (non-hydrogen) atoms. The molecule has 1 saturated heterocycles. The molecule has 1 aliphatic rings. The molecule has 3 heterocycles. The van der Waals surface area contributed by atoms with Crippen LogP contribution in [0.5, 0.6) is 5.75 Å². The summed E-state index contributed by atoms with van der Waals surface area (Å²) in [6.45, 7) is 16.3. The Morgan fingerprint density at radius 2 is 1.79 bits per heavy atom. The number of tetrazole rings is 1. The highest BCUT2D eigenvalue weighted by atomic mass is 16.5. The van der Waals surface area contributed by atoms with Crippen LogP contribution < -0.4 is 15.2 Å². The number of benzene rings is 2. The molecule has 2 aromatic heterocycles. The summed E-state index contributed by atoms with van der Waals surface area (Å²) in [4.78, 5) is 21.4. The number of piperazine rings is 1. The van der Waals surface area contributed by atoms with Crippen molar-refractivity contribution < 1.29 is 4.74 Å². The molecule has 1 unspecified atom stereocenters. The van der Waals surface area contributed by atoms with E-state index in [0.717, 1.165) is 42.8 Å². The van der Waals surface area contributed by atoms with Gasteiger partial charge in [-0.1, -0.05) is 12.1 Å². The third-order valence-electron chi connectivity index (χ3n) is 7.21. The Morgan fingerprint density at radius 3 is 2.50 bits per heavy atom. The van der Waals surface area contributed by atoms with Crippen molar-refractivity contribution in [2.45, 2.75) is 53.1 Å². The van der Waals surface area contributed by atoms with Gasteiger partial charge in [0.15, 0.2) is 5.82 Å². The molecular weight excluding hydrogens is 478 g/mol. The number of aryl methyl sites for hydroxylation is 2. The van der Waals surface area contributed by atoms with Crippen molar-refractivity contribution in [1.82, 2.24) is 30.1 Å². The first-order valence-electron chi connectivity index (χ1n) is 13.3. The summed E-state index contributed by atoms with van der Waals surface area (Å²) in [6.07, 6.45) is 0. The smallest absolute Gasteiger partial charge is 0.253 e. The van der Waals surface area contributed by atoms with Gasteiger partial charge in [-0.25, -0.2) is 4.68 Å². The maximum Gasteiger partial charge on any atom is 0.253 e. The minimum absolute atomic E-state index is 0.132. The zero-order valence-electron chi connectivity index (χ0n) is 23.2. The summed E-state index contributed by atoms with van der Waals surface area (Å²) in [5.74, 6) is 1.44. The fraction of sp³-hybridized carbons (Fsp3) is 0.448. The van der Waals surface area contributed by atoms with Crippen molar-refractivity contribution in [3.05, 3.63) is 75.3 Å². The third-order valence-corrected chi connectivity index (χ3v) is 7.21. The maximum atomic E-state index is 13.6. The Hall–Kier alpha value is -3.72. The number of nitrogens with one attached hydrogen (secondary N) is 1. The molecule has 4 aromatic rings. The molecule has 1 aliphatic heterocycles. The number of aromatic nitrogens is 5. The van der Waals surface area contributed by atoms with Gasteiger partial charge in [0.25, 0.3) is 5.56 Å². The normalized spacial score (nSPS) is 15.7. The maximum absolute atomic E-state index is 13.6. The van der Waals surface area contributed by atoms with Crippen molar-refractivity contribution >= 4 is 16.6 Å². The summed E-state index contributed by atoms with van der Waals surface area (Å²) in [7, 11) is 0. The van der Waals surface area contributed by atoms with Crippen molar-refractivity contribution in [2.75, 3.05) is 37.7 Å². The van der Waals surface area contributed by atoms with Crippen molar-refractivity contribution in [1.29, 1.82) is 0 Å². The average molecular weight is 516 g/mol. The van der Waals surface area contributed by atoms with Crippen LogP contribution in [0.15, 0.2) is 47.3 Å². The number of hydrogen-bond donors (Lipinski definition) is 1. The average Bonchev–Trinajstić information content (AvgIpc) is 3.37. The number of rotatable bonds is 6. The van der Waals surface area contributed by atoms with Crippen LogP contribution in [0.1, 0.15) is 56.3 Å². The lowest BCUT2D eigenvalue weighted by Crippen LogP contribution is -2.49. The SMILES string of the molecule is CCOc1ccc2[nH]c(=O)c(C(c3nnnn3C(C)(C)C)N3CCN(c4cc(C)ccc4C)CC3)cc2c1. The summed E-state index contributed by atoms with van der Waals surface area (Å²) in [5, 5.41) is 13.8. The van der Waals surface area contributed by atoms with E-state index in [9.17, 15) is 4.79 Å². The fourth-order valence-electron chi connectivity index (χ4n) is 5.28. The standard InChI is InChI=1S/C29H37N7O2/c1-7-38-22-10-11-24-21(17-22)18-23(28(37)30-24)26(27-31-32-33-36(27)29(4,5)6)35-14-12-34(13-15-35)25-16-19(2)8-9-20(25)3/h8-11,16-18,26H,7,12-15H2,1-6H3,(H,30,37). The predicted molar refractivity (Wildman–Crippen MR) is 150 cm³/mol. The van der Waals surface area contributed by atoms with Gasteiger partial charge in [0.1, 0.15) is 11.8 Å². The molecule has 0 bridgehead atoms. The largest absolute Gasteiger partial charge is 0.494 e. The number of nitrogens with zero attached hydrogens (tertiary/aromatic N) is 6. The Bertz CT molecular complexity index is 1490. The summed E-state index contributed by atoms with van der Waals surface area (Å²) >= 11 is 0. The molecule has 0 amide bonds. The lowest BCUT2D eigenvalue weighted by atomic mass is 10.0. The summed E-state index contributed by atoms with van der Waals surface area (Å²) in [6, 6.07) is 13.9. The van der Waals surface area contributed by atoms with Gasteiger partial charge in [0.2, 0.25) is 0 Å². The Balaban J connectivity index is 1.56. The van der Waals surface area contributed by atoms with Crippen LogP contribution >= 0.6 is 0 Å². The van der Waals surface area contributed by atoms with E-state index in [1.165, 1.54) is 16.8 Å². The van der Waals surface area contributed by atoms with Crippen molar-refractivity contribution in [3.8, 4) is 5.75 Å².